The molecule has 0 atom stereocenters. The fraction of sp³-hybridized carbons (Fsp3) is 0.0741. The first-order valence-corrected chi connectivity index (χ1v) is 11.1. The Labute approximate surface area is 199 Å². The number of pyridine rings is 1. The molecular weight excluding hydrogens is 440 g/mol. The summed E-state index contributed by atoms with van der Waals surface area (Å²) in [6.45, 7) is 0. The van der Waals surface area contributed by atoms with E-state index in [1.165, 1.54) is 10.9 Å². The molecule has 0 unspecified atom stereocenters. The molecular formula is C27H20N6O2. The smallest absolute Gasteiger partial charge is 0.268 e. The van der Waals surface area contributed by atoms with Crippen LogP contribution in [0, 0.1) is 0 Å². The minimum Gasteiger partial charge on any atom is -0.497 e. The van der Waals surface area contributed by atoms with Crippen LogP contribution in [0.25, 0.3) is 39.1 Å². The molecule has 3 aromatic heterocycles. The van der Waals surface area contributed by atoms with Gasteiger partial charge in [-0.05, 0) is 53.3 Å². The Morgan fingerprint density at radius 2 is 1.71 bits per heavy atom. The number of nitrogens with one attached hydrogen (secondary N) is 1. The van der Waals surface area contributed by atoms with Gasteiger partial charge in [0, 0.05) is 11.6 Å². The van der Waals surface area contributed by atoms with Gasteiger partial charge >= 0.3 is 0 Å². The Morgan fingerprint density at radius 3 is 2.49 bits per heavy atom. The van der Waals surface area contributed by atoms with E-state index in [2.05, 4.69) is 31.2 Å². The van der Waals surface area contributed by atoms with E-state index in [0.29, 0.717) is 28.8 Å². The van der Waals surface area contributed by atoms with Crippen LogP contribution < -0.4 is 10.3 Å². The molecule has 35 heavy (non-hydrogen) atoms. The number of benzene rings is 3. The van der Waals surface area contributed by atoms with E-state index in [1.54, 1.807) is 13.3 Å². The van der Waals surface area contributed by atoms with E-state index in [1.807, 2.05) is 66.7 Å². The fourth-order valence-corrected chi connectivity index (χ4v) is 4.26. The Kier molecular flexibility index (Phi) is 5.03. The topological polar surface area (TPSA) is 98.6 Å². The van der Waals surface area contributed by atoms with E-state index in [-0.39, 0.29) is 11.5 Å². The van der Waals surface area contributed by atoms with Gasteiger partial charge in [0.25, 0.3) is 11.5 Å². The van der Waals surface area contributed by atoms with E-state index in [4.69, 9.17) is 4.74 Å². The summed E-state index contributed by atoms with van der Waals surface area (Å²) in [7, 11) is 1.65. The summed E-state index contributed by atoms with van der Waals surface area (Å²) in [5, 5.41) is 9.60. The number of aromatic amines is 1. The molecule has 8 heteroatoms. The number of aromatic nitrogens is 6. The minimum atomic E-state index is -0.233. The van der Waals surface area contributed by atoms with Gasteiger partial charge in [0.05, 0.1) is 18.0 Å². The van der Waals surface area contributed by atoms with Crippen LogP contribution in [-0.4, -0.2) is 36.8 Å². The molecule has 3 aromatic carbocycles. The van der Waals surface area contributed by atoms with Crippen molar-refractivity contribution < 1.29 is 4.74 Å². The van der Waals surface area contributed by atoms with Crippen LogP contribution in [0.3, 0.4) is 0 Å². The van der Waals surface area contributed by atoms with Crippen LogP contribution in [0.5, 0.6) is 5.75 Å². The van der Waals surface area contributed by atoms with Gasteiger partial charge in [-0.3, -0.25) is 14.9 Å². The van der Waals surface area contributed by atoms with Crippen LogP contribution >= 0.6 is 0 Å². The maximum Gasteiger partial charge on any atom is 0.268 e. The van der Waals surface area contributed by atoms with Crippen molar-refractivity contribution in [1.29, 1.82) is 0 Å². The van der Waals surface area contributed by atoms with Crippen LogP contribution in [0.1, 0.15) is 11.1 Å². The second-order valence-electron chi connectivity index (χ2n) is 8.12. The quantitative estimate of drug-likeness (QED) is 0.385. The maximum atomic E-state index is 13.6. The van der Waals surface area contributed by atoms with Crippen molar-refractivity contribution in [3.05, 3.63) is 107 Å². The summed E-state index contributed by atoms with van der Waals surface area (Å²) in [6, 6.07) is 23.4. The number of nitrogens with zero attached hydrogens (tertiary/aromatic N) is 5. The molecule has 3 heterocycles. The average molecular weight is 460 g/mol. The number of rotatable bonds is 5. The predicted octanol–water partition coefficient (Wildman–Crippen LogP) is 4.32. The zero-order valence-electron chi connectivity index (χ0n) is 18.8. The van der Waals surface area contributed by atoms with Crippen molar-refractivity contribution in [2.75, 3.05) is 7.11 Å². The lowest BCUT2D eigenvalue weighted by molar-refractivity contribution is 0.414. The number of hydrogen-bond donors (Lipinski definition) is 1. The monoisotopic (exact) mass is 460 g/mol. The standard InChI is InChI=1S/C27H20N6O2/c1-35-19-11-9-17(10-12-19)14-18-15-22-24(21-7-3-2-6-20(18)21)29-16-33(26(22)34)27-30-25(31-32-27)23-8-4-5-13-28-23/h2-13,15-16H,14H2,1H3,(H,30,31,32). The highest BCUT2D eigenvalue weighted by Gasteiger charge is 2.15. The molecule has 0 saturated heterocycles. The highest BCUT2D eigenvalue weighted by Crippen LogP contribution is 2.28. The summed E-state index contributed by atoms with van der Waals surface area (Å²) >= 11 is 0. The van der Waals surface area contributed by atoms with Gasteiger partial charge in [-0.15, -0.1) is 5.10 Å². The first-order valence-electron chi connectivity index (χ1n) is 11.1. The minimum absolute atomic E-state index is 0.218. The van der Waals surface area contributed by atoms with E-state index in [9.17, 15) is 4.79 Å². The Morgan fingerprint density at radius 1 is 0.914 bits per heavy atom. The molecule has 0 saturated carbocycles. The molecule has 6 aromatic rings. The molecule has 1 N–H and O–H groups in total. The molecule has 170 valence electrons. The Hall–Kier alpha value is -4.85. The number of hydrogen-bond acceptors (Lipinski definition) is 6. The van der Waals surface area contributed by atoms with Crippen molar-refractivity contribution >= 4 is 21.7 Å². The zero-order chi connectivity index (χ0) is 23.8. The lowest BCUT2D eigenvalue weighted by Gasteiger charge is -2.11. The first-order chi connectivity index (χ1) is 17.2. The van der Waals surface area contributed by atoms with Gasteiger partial charge in [0.1, 0.15) is 17.8 Å². The molecule has 0 bridgehead atoms. The Balaban J connectivity index is 1.49. The van der Waals surface area contributed by atoms with Crippen molar-refractivity contribution in [2.24, 2.45) is 0 Å². The van der Waals surface area contributed by atoms with Crippen LogP contribution in [0.4, 0.5) is 0 Å². The van der Waals surface area contributed by atoms with E-state index in [0.717, 1.165) is 27.6 Å². The second-order valence-corrected chi connectivity index (χ2v) is 8.12. The van der Waals surface area contributed by atoms with Gasteiger partial charge in [0.15, 0.2) is 5.82 Å². The molecule has 0 spiro atoms. The molecule has 0 amide bonds. The third-order valence-corrected chi connectivity index (χ3v) is 6.00. The van der Waals surface area contributed by atoms with Crippen LogP contribution in [0.15, 0.2) is 90.1 Å². The number of fused-ring (bicyclic) bond motifs is 3. The summed E-state index contributed by atoms with van der Waals surface area (Å²) in [4.78, 5) is 27.0. The van der Waals surface area contributed by atoms with Gasteiger partial charge < -0.3 is 4.74 Å². The summed E-state index contributed by atoms with van der Waals surface area (Å²) in [6.07, 6.45) is 3.82. The first kappa shape index (κ1) is 20.7. The van der Waals surface area contributed by atoms with Gasteiger partial charge in [-0.2, -0.15) is 4.98 Å². The van der Waals surface area contributed by atoms with Crippen LogP contribution in [0.2, 0.25) is 0 Å². The van der Waals surface area contributed by atoms with Crippen LogP contribution in [-0.2, 0) is 6.42 Å². The molecule has 0 aliphatic rings. The number of H-pyrrole nitrogens is 1. The van der Waals surface area contributed by atoms with Crippen molar-refractivity contribution in [3.8, 4) is 23.2 Å². The molecule has 0 aliphatic heterocycles. The van der Waals surface area contributed by atoms with Gasteiger partial charge in [-0.25, -0.2) is 9.55 Å². The maximum absolute atomic E-state index is 13.6. The van der Waals surface area contributed by atoms with Gasteiger partial charge in [-0.1, -0.05) is 42.5 Å². The third-order valence-electron chi connectivity index (χ3n) is 6.00. The lowest BCUT2D eigenvalue weighted by atomic mass is 9.96. The summed E-state index contributed by atoms with van der Waals surface area (Å²) < 4.78 is 6.64. The predicted molar refractivity (Wildman–Crippen MR) is 134 cm³/mol. The van der Waals surface area contributed by atoms with Crippen molar-refractivity contribution in [3.63, 3.8) is 0 Å². The molecule has 8 nitrogen and oxygen atoms in total. The molecule has 6 rings (SSSR count). The largest absolute Gasteiger partial charge is 0.497 e. The Bertz CT molecular complexity index is 1720. The summed E-state index contributed by atoms with van der Waals surface area (Å²) in [5.74, 6) is 1.50. The van der Waals surface area contributed by atoms with E-state index >= 15 is 0 Å². The second kappa shape index (κ2) is 8.49. The van der Waals surface area contributed by atoms with Crippen molar-refractivity contribution in [1.82, 2.24) is 29.7 Å². The highest BCUT2D eigenvalue weighted by molar-refractivity contribution is 6.06. The fourth-order valence-electron chi connectivity index (χ4n) is 4.26. The van der Waals surface area contributed by atoms with Gasteiger partial charge in [0.2, 0.25) is 0 Å². The molecule has 0 aliphatic carbocycles. The molecule has 0 radical (unpaired) electrons. The highest BCUT2D eigenvalue weighted by atomic mass is 16.5. The third kappa shape index (κ3) is 3.71. The summed E-state index contributed by atoms with van der Waals surface area (Å²) in [5.41, 5.74) is 3.22. The van der Waals surface area contributed by atoms with E-state index < -0.39 is 0 Å². The normalized spacial score (nSPS) is 11.2. The number of methoxy groups -OCH3 is 1. The number of ether oxygens (including phenoxy) is 1. The average Bonchev–Trinajstić information content (AvgIpc) is 3.40. The lowest BCUT2D eigenvalue weighted by Crippen LogP contribution is -2.20. The molecule has 0 fully saturated rings. The zero-order valence-corrected chi connectivity index (χ0v) is 18.8. The van der Waals surface area contributed by atoms with Crippen molar-refractivity contribution in [2.45, 2.75) is 6.42 Å². The SMILES string of the molecule is COc1ccc(Cc2cc3c(=O)n(-c4n[nH]c(-c5ccccn5)n4)cnc3c3ccccc23)cc1.